The van der Waals surface area contributed by atoms with Crippen LogP contribution in [0.1, 0.15) is 54.5 Å². The number of nitrogens with zero attached hydrogens (tertiary/aromatic N) is 4. The van der Waals surface area contributed by atoms with Crippen molar-refractivity contribution in [3.63, 3.8) is 0 Å². The lowest BCUT2D eigenvalue weighted by atomic mass is 9.72. The Bertz CT molecular complexity index is 820. The summed E-state index contributed by atoms with van der Waals surface area (Å²) in [6.07, 6.45) is 8.54. The van der Waals surface area contributed by atoms with E-state index >= 15 is 0 Å². The van der Waals surface area contributed by atoms with E-state index in [1.807, 2.05) is 29.0 Å². The molecule has 1 spiro atoms. The number of likely N-dealkylation sites (tertiary alicyclic amines) is 2. The van der Waals surface area contributed by atoms with E-state index in [4.69, 9.17) is 0 Å². The predicted molar refractivity (Wildman–Crippen MR) is 104 cm³/mol. The van der Waals surface area contributed by atoms with Crippen LogP contribution in [0, 0.1) is 5.41 Å². The number of nitrogens with one attached hydrogen (secondary N) is 2. The van der Waals surface area contributed by atoms with Crippen LogP contribution in [0.2, 0.25) is 0 Å². The van der Waals surface area contributed by atoms with Crippen molar-refractivity contribution in [3.05, 3.63) is 35.7 Å². The third-order valence-electron chi connectivity index (χ3n) is 6.30. The van der Waals surface area contributed by atoms with Crippen LogP contribution in [-0.2, 0) is 17.6 Å². The Morgan fingerprint density at radius 1 is 1.25 bits per heavy atom. The summed E-state index contributed by atoms with van der Waals surface area (Å²) in [6.45, 7) is 5.02. The molecule has 4 heterocycles. The molecule has 4 rings (SSSR count). The summed E-state index contributed by atoms with van der Waals surface area (Å²) in [5, 5.41) is 7.08. The molecule has 0 bridgehead atoms. The van der Waals surface area contributed by atoms with Gasteiger partial charge in [0.1, 0.15) is 5.69 Å². The molecule has 2 aromatic rings. The standard InChI is InChI=1S/C20H28N6O2/c1-2-15-11-17(24-23-15)19(28)25-9-6-20(7-10-25)5-3-18(27)26(13-20)8-4-16-12-21-14-22-16/h11-12,14H,2-10,13H2,1H3,(H,21,22)(H,23,24). The van der Waals surface area contributed by atoms with Crippen molar-refractivity contribution in [3.8, 4) is 0 Å². The second kappa shape index (κ2) is 7.77. The van der Waals surface area contributed by atoms with E-state index in [9.17, 15) is 9.59 Å². The van der Waals surface area contributed by atoms with Crippen LogP contribution in [-0.4, -0.2) is 68.0 Å². The molecule has 2 aromatic heterocycles. The van der Waals surface area contributed by atoms with Crippen LogP contribution < -0.4 is 0 Å². The molecule has 2 aliphatic rings. The molecule has 8 nitrogen and oxygen atoms in total. The van der Waals surface area contributed by atoms with Gasteiger partial charge in [0.05, 0.1) is 6.33 Å². The number of piperidine rings is 2. The Morgan fingerprint density at radius 2 is 2.07 bits per heavy atom. The number of aromatic amines is 2. The van der Waals surface area contributed by atoms with Crippen molar-refractivity contribution in [1.29, 1.82) is 0 Å². The fraction of sp³-hybridized carbons (Fsp3) is 0.600. The van der Waals surface area contributed by atoms with Crippen LogP contribution in [0.3, 0.4) is 0 Å². The van der Waals surface area contributed by atoms with E-state index in [-0.39, 0.29) is 17.2 Å². The lowest BCUT2D eigenvalue weighted by Gasteiger charge is -2.47. The van der Waals surface area contributed by atoms with Gasteiger partial charge in [-0.1, -0.05) is 6.92 Å². The molecule has 0 aromatic carbocycles. The first-order chi connectivity index (χ1) is 13.6. The van der Waals surface area contributed by atoms with Gasteiger partial charge in [0.15, 0.2) is 0 Å². The molecular formula is C20H28N6O2. The van der Waals surface area contributed by atoms with Gasteiger partial charge in [-0.15, -0.1) is 0 Å². The zero-order chi connectivity index (χ0) is 19.6. The van der Waals surface area contributed by atoms with Gasteiger partial charge in [0.2, 0.25) is 5.91 Å². The number of hydrogen-bond donors (Lipinski definition) is 2. The smallest absolute Gasteiger partial charge is 0.274 e. The lowest BCUT2D eigenvalue weighted by Crippen LogP contribution is -2.52. The highest BCUT2D eigenvalue weighted by Gasteiger charge is 2.41. The maximum absolute atomic E-state index is 12.7. The number of hydrogen-bond acceptors (Lipinski definition) is 4. The van der Waals surface area contributed by atoms with E-state index < -0.39 is 0 Å². The van der Waals surface area contributed by atoms with Crippen molar-refractivity contribution in [2.75, 3.05) is 26.2 Å². The van der Waals surface area contributed by atoms with Crippen molar-refractivity contribution in [2.45, 2.75) is 45.4 Å². The largest absolute Gasteiger partial charge is 0.348 e. The summed E-state index contributed by atoms with van der Waals surface area (Å²) in [6, 6.07) is 1.85. The van der Waals surface area contributed by atoms with E-state index in [0.29, 0.717) is 12.1 Å². The number of imidazole rings is 1. The zero-order valence-corrected chi connectivity index (χ0v) is 16.4. The van der Waals surface area contributed by atoms with Gasteiger partial charge in [-0.05, 0) is 37.2 Å². The van der Waals surface area contributed by atoms with Crippen LogP contribution >= 0.6 is 0 Å². The molecule has 2 amide bonds. The summed E-state index contributed by atoms with van der Waals surface area (Å²) in [4.78, 5) is 36.2. The first-order valence-electron chi connectivity index (χ1n) is 10.2. The molecule has 0 radical (unpaired) electrons. The fourth-order valence-corrected chi connectivity index (χ4v) is 4.39. The molecule has 8 heteroatoms. The molecule has 2 aliphatic heterocycles. The minimum atomic E-state index is 0.00814. The van der Waals surface area contributed by atoms with Gasteiger partial charge in [-0.2, -0.15) is 5.10 Å². The van der Waals surface area contributed by atoms with Gasteiger partial charge in [-0.25, -0.2) is 4.98 Å². The lowest BCUT2D eigenvalue weighted by molar-refractivity contribution is -0.138. The second-order valence-corrected chi connectivity index (χ2v) is 8.07. The molecule has 0 saturated carbocycles. The SMILES string of the molecule is CCc1cc(C(=O)N2CCC3(CCC(=O)N(CCc4cnc[nH]4)C3)CC2)n[nH]1. The zero-order valence-electron chi connectivity index (χ0n) is 16.4. The quantitative estimate of drug-likeness (QED) is 0.821. The molecule has 150 valence electrons. The van der Waals surface area contributed by atoms with Crippen molar-refractivity contribution < 1.29 is 9.59 Å². The topological polar surface area (TPSA) is 98.0 Å². The van der Waals surface area contributed by atoms with Crippen LogP contribution in [0.5, 0.6) is 0 Å². The van der Waals surface area contributed by atoms with Gasteiger partial charge in [-0.3, -0.25) is 14.7 Å². The Kier molecular flexibility index (Phi) is 5.19. The maximum Gasteiger partial charge on any atom is 0.274 e. The third kappa shape index (κ3) is 3.81. The molecule has 2 fully saturated rings. The average molecular weight is 384 g/mol. The van der Waals surface area contributed by atoms with E-state index in [1.54, 1.807) is 6.33 Å². The van der Waals surface area contributed by atoms with Crippen LogP contribution in [0.25, 0.3) is 0 Å². The van der Waals surface area contributed by atoms with Gasteiger partial charge >= 0.3 is 0 Å². The van der Waals surface area contributed by atoms with Gasteiger partial charge in [0, 0.05) is 56.6 Å². The third-order valence-corrected chi connectivity index (χ3v) is 6.30. The summed E-state index contributed by atoms with van der Waals surface area (Å²) in [7, 11) is 0. The normalized spacial score (nSPS) is 19.4. The fourth-order valence-electron chi connectivity index (χ4n) is 4.39. The first kappa shape index (κ1) is 18.7. The summed E-state index contributed by atoms with van der Waals surface area (Å²) in [5.74, 6) is 0.251. The van der Waals surface area contributed by atoms with E-state index in [1.165, 1.54) is 0 Å². The highest BCUT2D eigenvalue weighted by atomic mass is 16.2. The molecule has 0 unspecified atom stereocenters. The first-order valence-corrected chi connectivity index (χ1v) is 10.2. The molecule has 0 atom stereocenters. The molecule has 2 N–H and O–H groups in total. The predicted octanol–water partition coefficient (Wildman–Crippen LogP) is 1.78. The Hall–Kier alpha value is -2.64. The number of carbonyl (C=O) groups is 2. The average Bonchev–Trinajstić information content (AvgIpc) is 3.41. The van der Waals surface area contributed by atoms with Crippen molar-refractivity contribution in [1.82, 2.24) is 30.0 Å². The molecular weight excluding hydrogens is 356 g/mol. The van der Waals surface area contributed by atoms with Gasteiger partial charge < -0.3 is 14.8 Å². The number of aryl methyl sites for hydroxylation is 1. The highest BCUT2D eigenvalue weighted by Crippen LogP contribution is 2.40. The van der Waals surface area contributed by atoms with E-state index in [2.05, 4.69) is 20.2 Å². The number of aromatic nitrogens is 4. The van der Waals surface area contributed by atoms with Crippen molar-refractivity contribution in [2.24, 2.45) is 5.41 Å². The Balaban J connectivity index is 1.34. The number of carbonyl (C=O) groups excluding carboxylic acids is 2. The van der Waals surface area contributed by atoms with E-state index in [0.717, 1.165) is 69.7 Å². The van der Waals surface area contributed by atoms with Gasteiger partial charge in [0.25, 0.3) is 5.91 Å². The summed E-state index contributed by atoms with van der Waals surface area (Å²) < 4.78 is 0. The number of amides is 2. The molecule has 0 aliphatic carbocycles. The van der Waals surface area contributed by atoms with Crippen LogP contribution in [0.15, 0.2) is 18.6 Å². The summed E-state index contributed by atoms with van der Waals surface area (Å²) in [5.41, 5.74) is 2.68. The molecule has 28 heavy (non-hydrogen) atoms. The second-order valence-electron chi connectivity index (χ2n) is 8.07. The number of H-pyrrole nitrogens is 2. The Labute approximate surface area is 164 Å². The van der Waals surface area contributed by atoms with Crippen molar-refractivity contribution >= 4 is 11.8 Å². The monoisotopic (exact) mass is 384 g/mol. The minimum absolute atomic E-state index is 0.00814. The minimum Gasteiger partial charge on any atom is -0.348 e. The Morgan fingerprint density at radius 3 is 2.75 bits per heavy atom. The highest BCUT2D eigenvalue weighted by molar-refractivity contribution is 5.92. The van der Waals surface area contributed by atoms with Crippen LogP contribution in [0.4, 0.5) is 0 Å². The summed E-state index contributed by atoms with van der Waals surface area (Å²) >= 11 is 0. The molecule has 2 saturated heterocycles. The number of rotatable bonds is 5. The maximum atomic E-state index is 12.7.